The highest BCUT2D eigenvalue weighted by atomic mass is 79.9. The Labute approximate surface area is 121 Å². The van der Waals surface area contributed by atoms with E-state index >= 15 is 0 Å². The van der Waals surface area contributed by atoms with Crippen LogP contribution in [0.4, 0.5) is 4.39 Å². The van der Waals surface area contributed by atoms with Crippen molar-refractivity contribution in [3.63, 3.8) is 0 Å². The van der Waals surface area contributed by atoms with E-state index in [2.05, 4.69) is 31.9 Å². The van der Waals surface area contributed by atoms with Gasteiger partial charge in [0.15, 0.2) is 5.82 Å². The van der Waals surface area contributed by atoms with Crippen LogP contribution < -0.4 is 5.73 Å². The van der Waals surface area contributed by atoms with Crippen LogP contribution in [0.5, 0.6) is 5.75 Å². The van der Waals surface area contributed by atoms with Crippen molar-refractivity contribution in [2.45, 2.75) is 19.4 Å². The fourth-order valence-electron chi connectivity index (χ4n) is 1.36. The summed E-state index contributed by atoms with van der Waals surface area (Å²) >= 11 is 5.94. The van der Waals surface area contributed by atoms with Gasteiger partial charge in [-0.15, -0.1) is 0 Å². The molecule has 0 aliphatic carbocycles. The minimum absolute atomic E-state index is 0.0577. The zero-order valence-electron chi connectivity index (χ0n) is 9.54. The number of hydrogen-bond donors (Lipinski definition) is 2. The molecule has 0 aromatic heterocycles. The van der Waals surface area contributed by atoms with E-state index < -0.39 is 17.8 Å². The predicted molar refractivity (Wildman–Crippen MR) is 71.8 cm³/mol. The molecule has 7 heteroatoms. The lowest BCUT2D eigenvalue weighted by Crippen LogP contribution is -2.34. The van der Waals surface area contributed by atoms with E-state index in [0.29, 0.717) is 5.56 Å². The van der Waals surface area contributed by atoms with Crippen molar-refractivity contribution in [3.8, 4) is 5.75 Å². The van der Waals surface area contributed by atoms with E-state index in [4.69, 9.17) is 10.5 Å². The summed E-state index contributed by atoms with van der Waals surface area (Å²) in [5.41, 5.74) is 5.99. The number of rotatable bonds is 4. The van der Waals surface area contributed by atoms with Gasteiger partial charge in [0.2, 0.25) is 0 Å². The van der Waals surface area contributed by atoms with Crippen molar-refractivity contribution in [2.24, 2.45) is 5.73 Å². The molecule has 0 aliphatic heterocycles. The number of aromatic hydroxyl groups is 1. The molecule has 0 aliphatic rings. The maximum atomic E-state index is 13.4. The lowest BCUT2D eigenvalue weighted by molar-refractivity contribution is -0.144. The van der Waals surface area contributed by atoms with Gasteiger partial charge in [0, 0.05) is 6.42 Å². The molecule has 1 aromatic rings. The number of nitrogens with two attached hydrogens (primary N) is 1. The molecule has 1 unspecified atom stereocenters. The van der Waals surface area contributed by atoms with Crippen LogP contribution >= 0.6 is 31.9 Å². The summed E-state index contributed by atoms with van der Waals surface area (Å²) in [6.45, 7) is 1.91. The van der Waals surface area contributed by atoms with Crippen LogP contribution in [0.25, 0.3) is 0 Å². The second-order valence-corrected chi connectivity index (χ2v) is 5.20. The van der Waals surface area contributed by atoms with Gasteiger partial charge >= 0.3 is 5.97 Å². The van der Waals surface area contributed by atoms with Crippen molar-refractivity contribution >= 4 is 37.8 Å². The summed E-state index contributed by atoms with van der Waals surface area (Å²) in [4.78, 5) is 11.4. The van der Waals surface area contributed by atoms with Gasteiger partial charge in [-0.25, -0.2) is 4.39 Å². The molecule has 100 valence electrons. The zero-order valence-corrected chi connectivity index (χ0v) is 12.7. The monoisotopic (exact) mass is 383 g/mol. The van der Waals surface area contributed by atoms with Gasteiger partial charge in [-0.1, -0.05) is 0 Å². The second-order valence-electron chi connectivity index (χ2n) is 3.56. The number of phenolic OH excluding ortho intramolecular Hbond substituents is 1. The lowest BCUT2D eigenvalue weighted by Gasteiger charge is -2.13. The molecule has 0 saturated heterocycles. The van der Waals surface area contributed by atoms with Gasteiger partial charge in [-0.05, 0) is 50.4 Å². The van der Waals surface area contributed by atoms with Gasteiger partial charge in [0.1, 0.15) is 11.8 Å². The van der Waals surface area contributed by atoms with Crippen LogP contribution in [-0.2, 0) is 16.0 Å². The molecule has 0 bridgehead atoms. The molecular formula is C11H12Br2FNO3. The van der Waals surface area contributed by atoms with Gasteiger partial charge in [0.05, 0.1) is 15.6 Å². The number of carbonyl (C=O) groups is 1. The van der Waals surface area contributed by atoms with Crippen molar-refractivity contribution in [1.82, 2.24) is 0 Å². The molecule has 18 heavy (non-hydrogen) atoms. The Hall–Kier alpha value is -0.660. The smallest absolute Gasteiger partial charge is 0.323 e. The molecule has 0 radical (unpaired) electrons. The molecule has 0 saturated carbocycles. The molecule has 4 nitrogen and oxygen atoms in total. The summed E-state index contributed by atoms with van der Waals surface area (Å²) < 4.78 is 18.3. The number of carbonyl (C=O) groups excluding carboxylic acids is 1. The van der Waals surface area contributed by atoms with Crippen LogP contribution in [0.1, 0.15) is 12.5 Å². The fraction of sp³-hybridized carbons (Fsp3) is 0.364. The first-order valence-electron chi connectivity index (χ1n) is 5.16. The Bertz CT molecular complexity index is 468. The Balaban J connectivity index is 2.95. The first-order valence-corrected chi connectivity index (χ1v) is 6.74. The van der Waals surface area contributed by atoms with Gasteiger partial charge in [0.25, 0.3) is 0 Å². The van der Waals surface area contributed by atoms with Gasteiger partial charge in [-0.3, -0.25) is 4.79 Å². The van der Waals surface area contributed by atoms with E-state index in [1.54, 1.807) is 6.92 Å². The molecule has 1 atom stereocenters. The first kappa shape index (κ1) is 15.4. The summed E-state index contributed by atoms with van der Waals surface area (Å²) in [6, 6.07) is 0.481. The van der Waals surface area contributed by atoms with Crippen LogP contribution in [0.2, 0.25) is 0 Å². The standard InChI is InChI=1S/C11H12Br2FNO3/c1-2-18-11(17)7(15)4-5-3-6(12)9(14)8(13)10(5)16/h3,7,16H,2,4,15H2,1H3. The maximum absolute atomic E-state index is 13.4. The highest BCUT2D eigenvalue weighted by molar-refractivity contribution is 9.11. The van der Waals surface area contributed by atoms with E-state index in [-0.39, 0.29) is 27.7 Å². The quantitative estimate of drug-likeness (QED) is 0.617. The van der Waals surface area contributed by atoms with E-state index in [1.807, 2.05) is 0 Å². The molecule has 0 heterocycles. The Morgan fingerprint density at radius 2 is 2.22 bits per heavy atom. The van der Waals surface area contributed by atoms with Crippen molar-refractivity contribution < 1.29 is 19.0 Å². The Morgan fingerprint density at radius 3 is 2.78 bits per heavy atom. The van der Waals surface area contributed by atoms with Crippen LogP contribution in [0.15, 0.2) is 15.0 Å². The number of benzene rings is 1. The Kier molecular flexibility index (Phi) is 5.55. The van der Waals surface area contributed by atoms with Crippen molar-refractivity contribution in [2.75, 3.05) is 6.61 Å². The summed E-state index contributed by atoms with van der Waals surface area (Å²) in [5, 5.41) is 9.75. The molecule has 3 N–H and O–H groups in total. The summed E-state index contributed by atoms with van der Waals surface area (Å²) in [5.74, 6) is -1.44. The number of phenols is 1. The van der Waals surface area contributed by atoms with Crippen molar-refractivity contribution in [1.29, 1.82) is 0 Å². The molecule has 1 aromatic carbocycles. The molecular weight excluding hydrogens is 373 g/mol. The fourth-order valence-corrected chi connectivity index (χ4v) is 2.57. The normalized spacial score (nSPS) is 12.3. The zero-order chi connectivity index (χ0) is 13.9. The summed E-state index contributed by atoms with van der Waals surface area (Å²) in [7, 11) is 0. The third kappa shape index (κ3) is 3.43. The third-order valence-electron chi connectivity index (χ3n) is 2.24. The van der Waals surface area contributed by atoms with E-state index in [9.17, 15) is 14.3 Å². The lowest BCUT2D eigenvalue weighted by atomic mass is 10.1. The number of ether oxygens (including phenoxy) is 1. The minimum Gasteiger partial charge on any atom is -0.506 e. The SMILES string of the molecule is CCOC(=O)C(N)Cc1cc(Br)c(F)c(Br)c1O. The van der Waals surface area contributed by atoms with Crippen LogP contribution in [-0.4, -0.2) is 23.7 Å². The predicted octanol–water partition coefficient (Wildman–Crippen LogP) is 2.49. The maximum Gasteiger partial charge on any atom is 0.323 e. The average molecular weight is 385 g/mol. The van der Waals surface area contributed by atoms with Crippen LogP contribution in [0.3, 0.4) is 0 Å². The van der Waals surface area contributed by atoms with E-state index in [0.717, 1.165) is 0 Å². The average Bonchev–Trinajstić information content (AvgIpc) is 2.33. The number of hydrogen-bond acceptors (Lipinski definition) is 4. The molecule has 0 amide bonds. The van der Waals surface area contributed by atoms with Gasteiger partial charge < -0.3 is 15.6 Å². The summed E-state index contributed by atoms with van der Waals surface area (Å²) in [6.07, 6.45) is 0.0577. The van der Waals surface area contributed by atoms with Crippen LogP contribution in [0, 0.1) is 5.82 Å². The molecule has 0 spiro atoms. The largest absolute Gasteiger partial charge is 0.506 e. The second kappa shape index (κ2) is 6.49. The number of esters is 1. The molecule has 0 fully saturated rings. The highest BCUT2D eigenvalue weighted by Gasteiger charge is 2.20. The van der Waals surface area contributed by atoms with E-state index in [1.165, 1.54) is 6.07 Å². The highest BCUT2D eigenvalue weighted by Crippen LogP contribution is 2.35. The Morgan fingerprint density at radius 1 is 1.61 bits per heavy atom. The number of halogens is 3. The minimum atomic E-state index is -0.903. The molecule has 1 rings (SSSR count). The van der Waals surface area contributed by atoms with Crippen molar-refractivity contribution in [3.05, 3.63) is 26.4 Å². The van der Waals surface area contributed by atoms with Gasteiger partial charge in [-0.2, -0.15) is 0 Å². The first-order chi connectivity index (χ1) is 8.38. The topological polar surface area (TPSA) is 72.5 Å². The third-order valence-corrected chi connectivity index (χ3v) is 3.55.